The van der Waals surface area contributed by atoms with E-state index in [4.69, 9.17) is 5.73 Å². The number of hydrogen-bond donors (Lipinski definition) is 2. The van der Waals surface area contributed by atoms with Crippen LogP contribution in [0.15, 0.2) is 30.3 Å². The molecule has 4 nitrogen and oxygen atoms in total. The lowest BCUT2D eigenvalue weighted by Gasteiger charge is -2.27. The third kappa shape index (κ3) is 4.47. The largest absolute Gasteiger partial charge is 0.353 e. The highest BCUT2D eigenvalue weighted by Crippen LogP contribution is 2.17. The molecule has 0 spiro atoms. The van der Waals surface area contributed by atoms with Crippen molar-refractivity contribution < 1.29 is 4.79 Å². The van der Waals surface area contributed by atoms with Gasteiger partial charge >= 0.3 is 0 Å². The van der Waals surface area contributed by atoms with E-state index in [0.29, 0.717) is 13.1 Å². The molecule has 0 bridgehead atoms. The van der Waals surface area contributed by atoms with E-state index >= 15 is 0 Å². The summed E-state index contributed by atoms with van der Waals surface area (Å²) in [5, 5.41) is 2.88. The van der Waals surface area contributed by atoms with Gasteiger partial charge in [-0.3, -0.25) is 9.69 Å². The number of carbonyl (C=O) groups excluding carboxylic acids is 1. The average Bonchev–Trinajstić information content (AvgIpc) is 2.29. The molecule has 1 aromatic carbocycles. The molecule has 1 amide bonds. The maximum Gasteiger partial charge on any atom is 0.234 e. The molecule has 0 aromatic heterocycles. The summed E-state index contributed by atoms with van der Waals surface area (Å²) in [6.07, 6.45) is 0. The summed E-state index contributed by atoms with van der Waals surface area (Å²) in [4.78, 5) is 13.7. The first-order valence-electron chi connectivity index (χ1n) is 6.29. The van der Waals surface area contributed by atoms with Crippen LogP contribution in [0.1, 0.15) is 25.5 Å². The molecule has 1 aromatic rings. The lowest BCUT2D eigenvalue weighted by molar-refractivity contribution is -0.122. The fraction of sp³-hybridized carbons (Fsp3) is 0.500. The summed E-state index contributed by atoms with van der Waals surface area (Å²) in [6.45, 7) is 4.76. The van der Waals surface area contributed by atoms with Gasteiger partial charge in [0.25, 0.3) is 0 Å². The van der Waals surface area contributed by atoms with E-state index in [1.807, 2.05) is 56.1 Å². The average molecular weight is 249 g/mol. The molecular formula is C14H23N3O. The van der Waals surface area contributed by atoms with Gasteiger partial charge in [-0.25, -0.2) is 0 Å². The summed E-state index contributed by atoms with van der Waals surface area (Å²) in [7, 11) is 1.92. The Hall–Kier alpha value is -1.39. The SMILES string of the molecule is CC(C)NC(=O)CN(C)C(CN)c1ccccc1. The normalized spacial score (nSPS) is 12.8. The van der Waals surface area contributed by atoms with Gasteiger partial charge in [0.05, 0.1) is 6.54 Å². The minimum atomic E-state index is 0.0295. The number of rotatable bonds is 6. The molecular weight excluding hydrogens is 226 g/mol. The molecule has 1 atom stereocenters. The van der Waals surface area contributed by atoms with Crippen molar-refractivity contribution >= 4 is 5.91 Å². The number of likely N-dealkylation sites (N-methyl/N-ethyl adjacent to an activating group) is 1. The van der Waals surface area contributed by atoms with Gasteiger partial charge in [-0.15, -0.1) is 0 Å². The quantitative estimate of drug-likeness (QED) is 0.795. The lowest BCUT2D eigenvalue weighted by atomic mass is 10.1. The van der Waals surface area contributed by atoms with E-state index in [1.165, 1.54) is 0 Å². The van der Waals surface area contributed by atoms with Crippen LogP contribution < -0.4 is 11.1 Å². The third-order valence-corrected chi connectivity index (χ3v) is 2.78. The number of carbonyl (C=O) groups is 1. The van der Waals surface area contributed by atoms with Crippen LogP contribution in [0.4, 0.5) is 0 Å². The van der Waals surface area contributed by atoms with Gasteiger partial charge in [0.1, 0.15) is 0 Å². The molecule has 0 fully saturated rings. The second-order valence-corrected chi connectivity index (χ2v) is 4.80. The van der Waals surface area contributed by atoms with Crippen molar-refractivity contribution in [3.8, 4) is 0 Å². The maximum absolute atomic E-state index is 11.7. The Morgan fingerprint density at radius 1 is 1.33 bits per heavy atom. The summed E-state index contributed by atoms with van der Waals surface area (Å²) < 4.78 is 0. The number of hydrogen-bond acceptors (Lipinski definition) is 3. The summed E-state index contributed by atoms with van der Waals surface area (Å²) >= 11 is 0. The van der Waals surface area contributed by atoms with Crippen LogP contribution in [-0.4, -0.2) is 37.0 Å². The molecule has 0 heterocycles. The molecule has 3 N–H and O–H groups in total. The number of amides is 1. The minimum Gasteiger partial charge on any atom is -0.353 e. The first-order chi connectivity index (χ1) is 8.54. The first kappa shape index (κ1) is 14.7. The molecule has 4 heteroatoms. The highest BCUT2D eigenvalue weighted by molar-refractivity contribution is 5.78. The Balaban J connectivity index is 2.63. The van der Waals surface area contributed by atoms with Crippen LogP contribution in [0.2, 0.25) is 0 Å². The van der Waals surface area contributed by atoms with Crippen LogP contribution in [0.5, 0.6) is 0 Å². The van der Waals surface area contributed by atoms with Crippen LogP contribution in [0.3, 0.4) is 0 Å². The van der Waals surface area contributed by atoms with Crippen molar-refractivity contribution in [2.45, 2.75) is 25.9 Å². The standard InChI is InChI=1S/C14H23N3O/c1-11(2)16-14(18)10-17(3)13(9-15)12-7-5-4-6-8-12/h4-8,11,13H,9-10,15H2,1-3H3,(H,16,18). The van der Waals surface area contributed by atoms with Crippen molar-refractivity contribution in [2.75, 3.05) is 20.1 Å². The number of nitrogens with one attached hydrogen (secondary N) is 1. The van der Waals surface area contributed by atoms with E-state index in [2.05, 4.69) is 5.32 Å². The summed E-state index contributed by atoms with van der Waals surface area (Å²) in [5.74, 6) is 0.0295. The highest BCUT2D eigenvalue weighted by atomic mass is 16.2. The van der Waals surface area contributed by atoms with Crippen LogP contribution >= 0.6 is 0 Å². The van der Waals surface area contributed by atoms with Crippen LogP contribution in [0, 0.1) is 0 Å². The van der Waals surface area contributed by atoms with E-state index in [1.54, 1.807) is 0 Å². The van der Waals surface area contributed by atoms with Gasteiger partial charge in [-0.1, -0.05) is 30.3 Å². The fourth-order valence-corrected chi connectivity index (χ4v) is 1.95. The number of nitrogens with two attached hydrogens (primary N) is 1. The predicted octanol–water partition coefficient (Wildman–Crippen LogP) is 1.14. The molecule has 0 aliphatic carbocycles. The maximum atomic E-state index is 11.7. The zero-order chi connectivity index (χ0) is 13.5. The van der Waals surface area contributed by atoms with Crippen molar-refractivity contribution in [3.63, 3.8) is 0 Å². The Labute approximate surface area is 109 Å². The lowest BCUT2D eigenvalue weighted by Crippen LogP contribution is -2.41. The van der Waals surface area contributed by atoms with E-state index in [0.717, 1.165) is 5.56 Å². The van der Waals surface area contributed by atoms with Crippen molar-refractivity contribution in [1.82, 2.24) is 10.2 Å². The molecule has 0 radical (unpaired) electrons. The second kappa shape index (κ2) is 7.13. The Morgan fingerprint density at radius 3 is 2.44 bits per heavy atom. The van der Waals surface area contributed by atoms with Crippen molar-refractivity contribution in [3.05, 3.63) is 35.9 Å². The first-order valence-corrected chi connectivity index (χ1v) is 6.29. The van der Waals surface area contributed by atoms with Gasteiger partial charge in [-0.05, 0) is 26.5 Å². The highest BCUT2D eigenvalue weighted by Gasteiger charge is 2.17. The molecule has 0 aliphatic rings. The molecule has 0 aliphatic heterocycles. The predicted molar refractivity (Wildman–Crippen MR) is 74.1 cm³/mol. The molecule has 0 saturated heterocycles. The third-order valence-electron chi connectivity index (χ3n) is 2.78. The molecule has 1 rings (SSSR count). The van der Waals surface area contributed by atoms with Gasteiger partial charge in [0.2, 0.25) is 5.91 Å². The number of nitrogens with zero attached hydrogens (tertiary/aromatic N) is 1. The molecule has 100 valence electrons. The molecule has 1 unspecified atom stereocenters. The summed E-state index contributed by atoms with van der Waals surface area (Å²) in [6, 6.07) is 10.3. The Bertz CT molecular complexity index is 365. The minimum absolute atomic E-state index is 0.0295. The fourth-order valence-electron chi connectivity index (χ4n) is 1.95. The van der Waals surface area contributed by atoms with Crippen LogP contribution in [0.25, 0.3) is 0 Å². The summed E-state index contributed by atoms with van der Waals surface area (Å²) in [5.41, 5.74) is 6.95. The Kier molecular flexibility index (Phi) is 5.82. The van der Waals surface area contributed by atoms with Gasteiger partial charge in [-0.2, -0.15) is 0 Å². The zero-order valence-electron chi connectivity index (χ0n) is 11.4. The molecule has 0 saturated carbocycles. The number of benzene rings is 1. The Morgan fingerprint density at radius 2 is 1.94 bits per heavy atom. The van der Waals surface area contributed by atoms with Gasteiger partial charge in [0.15, 0.2) is 0 Å². The van der Waals surface area contributed by atoms with Crippen LogP contribution in [-0.2, 0) is 4.79 Å². The van der Waals surface area contributed by atoms with Gasteiger partial charge < -0.3 is 11.1 Å². The monoisotopic (exact) mass is 249 g/mol. The zero-order valence-corrected chi connectivity index (χ0v) is 11.4. The topological polar surface area (TPSA) is 58.4 Å². The van der Waals surface area contributed by atoms with E-state index < -0.39 is 0 Å². The van der Waals surface area contributed by atoms with Gasteiger partial charge in [0, 0.05) is 18.6 Å². The van der Waals surface area contributed by atoms with Crippen molar-refractivity contribution in [1.29, 1.82) is 0 Å². The molecule has 18 heavy (non-hydrogen) atoms. The smallest absolute Gasteiger partial charge is 0.234 e. The van der Waals surface area contributed by atoms with E-state index in [-0.39, 0.29) is 18.0 Å². The second-order valence-electron chi connectivity index (χ2n) is 4.80. The van der Waals surface area contributed by atoms with Crippen molar-refractivity contribution in [2.24, 2.45) is 5.73 Å². The van der Waals surface area contributed by atoms with E-state index in [9.17, 15) is 4.79 Å².